The van der Waals surface area contributed by atoms with Gasteiger partial charge in [0.05, 0.1) is 17.8 Å². The topological polar surface area (TPSA) is 50.3 Å². The number of rotatable bonds is 5. The van der Waals surface area contributed by atoms with Gasteiger partial charge in [0.15, 0.2) is 0 Å². The average molecular weight is 361 g/mol. The standard InChI is InChI=1S/C19H25ClN4O/c1-13-17(16-8-7-15(25-3)10-18(16)20)12-22-19(23-13)21-11-14-6-4-5-9-24(14)2/h7-8,10,12,14H,4-6,9,11H2,1-3H3,(H,21,22,23). The van der Waals surface area contributed by atoms with Gasteiger partial charge >= 0.3 is 0 Å². The van der Waals surface area contributed by atoms with E-state index in [0.29, 0.717) is 17.0 Å². The van der Waals surface area contributed by atoms with Crippen molar-refractivity contribution in [3.63, 3.8) is 0 Å². The van der Waals surface area contributed by atoms with Crippen LogP contribution in [0, 0.1) is 6.92 Å². The molecule has 134 valence electrons. The number of likely N-dealkylation sites (N-methyl/N-ethyl adjacent to an activating group) is 1. The molecule has 1 atom stereocenters. The molecule has 25 heavy (non-hydrogen) atoms. The maximum Gasteiger partial charge on any atom is 0.222 e. The van der Waals surface area contributed by atoms with Crippen molar-refractivity contribution < 1.29 is 4.74 Å². The molecule has 1 aliphatic rings. The Morgan fingerprint density at radius 1 is 1.32 bits per heavy atom. The van der Waals surface area contributed by atoms with Crippen LogP contribution in [0.5, 0.6) is 5.75 Å². The molecule has 0 bridgehead atoms. The molecular weight excluding hydrogens is 336 g/mol. The SMILES string of the molecule is COc1ccc(-c2cnc(NCC3CCCCN3C)nc2C)c(Cl)c1. The van der Waals surface area contributed by atoms with Gasteiger partial charge in [-0.3, -0.25) is 0 Å². The predicted molar refractivity (Wildman–Crippen MR) is 103 cm³/mol. The number of hydrogen-bond acceptors (Lipinski definition) is 5. The maximum atomic E-state index is 6.38. The zero-order valence-corrected chi connectivity index (χ0v) is 15.8. The summed E-state index contributed by atoms with van der Waals surface area (Å²) < 4.78 is 5.20. The lowest BCUT2D eigenvalue weighted by Crippen LogP contribution is -2.41. The van der Waals surface area contributed by atoms with E-state index < -0.39 is 0 Å². The van der Waals surface area contributed by atoms with E-state index in [1.807, 2.05) is 25.3 Å². The summed E-state index contributed by atoms with van der Waals surface area (Å²) in [6.07, 6.45) is 5.65. The van der Waals surface area contributed by atoms with Crippen LogP contribution in [0.3, 0.4) is 0 Å². The summed E-state index contributed by atoms with van der Waals surface area (Å²) in [4.78, 5) is 11.5. The van der Waals surface area contributed by atoms with E-state index >= 15 is 0 Å². The zero-order valence-electron chi connectivity index (χ0n) is 15.1. The number of aromatic nitrogens is 2. The minimum Gasteiger partial charge on any atom is -0.497 e. The van der Waals surface area contributed by atoms with E-state index in [9.17, 15) is 0 Å². The summed E-state index contributed by atoms with van der Waals surface area (Å²) in [5.74, 6) is 1.41. The number of likely N-dealkylation sites (tertiary alicyclic amines) is 1. The van der Waals surface area contributed by atoms with Crippen molar-refractivity contribution in [3.8, 4) is 16.9 Å². The highest BCUT2D eigenvalue weighted by atomic mass is 35.5. The van der Waals surface area contributed by atoms with Crippen molar-refractivity contribution in [3.05, 3.63) is 35.1 Å². The van der Waals surface area contributed by atoms with Crippen LogP contribution in [-0.2, 0) is 0 Å². The van der Waals surface area contributed by atoms with Gasteiger partial charge in [-0.2, -0.15) is 0 Å². The molecule has 3 rings (SSSR count). The Kier molecular flexibility index (Phi) is 5.76. The third kappa shape index (κ3) is 4.22. The molecule has 1 aromatic heterocycles. The fraction of sp³-hybridized carbons (Fsp3) is 0.474. The maximum absolute atomic E-state index is 6.38. The number of hydrogen-bond donors (Lipinski definition) is 1. The number of halogens is 1. The van der Waals surface area contributed by atoms with Gasteiger partial charge in [-0.1, -0.05) is 18.0 Å². The van der Waals surface area contributed by atoms with E-state index in [1.165, 1.54) is 25.8 Å². The van der Waals surface area contributed by atoms with E-state index in [4.69, 9.17) is 16.3 Å². The normalized spacial score (nSPS) is 18.2. The van der Waals surface area contributed by atoms with E-state index in [0.717, 1.165) is 29.1 Å². The number of methoxy groups -OCH3 is 1. The van der Waals surface area contributed by atoms with Crippen molar-refractivity contribution in [2.24, 2.45) is 0 Å². The Bertz CT molecular complexity index is 737. The summed E-state index contributed by atoms with van der Waals surface area (Å²) in [7, 11) is 3.82. The van der Waals surface area contributed by atoms with Gasteiger partial charge in [0.1, 0.15) is 5.75 Å². The van der Waals surface area contributed by atoms with Crippen LogP contribution >= 0.6 is 11.6 Å². The van der Waals surface area contributed by atoms with Crippen LogP contribution in [0.4, 0.5) is 5.95 Å². The first-order valence-electron chi connectivity index (χ1n) is 8.70. The van der Waals surface area contributed by atoms with Crippen LogP contribution in [0.2, 0.25) is 5.02 Å². The van der Waals surface area contributed by atoms with Crippen molar-refractivity contribution >= 4 is 17.5 Å². The monoisotopic (exact) mass is 360 g/mol. The lowest BCUT2D eigenvalue weighted by molar-refractivity contribution is 0.194. The first kappa shape index (κ1) is 18.0. The second-order valence-corrected chi connectivity index (χ2v) is 6.96. The number of ether oxygens (including phenoxy) is 1. The summed E-state index contributed by atoms with van der Waals surface area (Å²) in [5.41, 5.74) is 2.76. The van der Waals surface area contributed by atoms with Crippen molar-refractivity contribution in [2.45, 2.75) is 32.2 Å². The summed E-state index contributed by atoms with van der Waals surface area (Å²) in [6.45, 7) is 4.02. The lowest BCUT2D eigenvalue weighted by atomic mass is 10.0. The molecule has 1 fully saturated rings. The molecule has 1 aliphatic heterocycles. The lowest BCUT2D eigenvalue weighted by Gasteiger charge is -2.32. The molecule has 0 radical (unpaired) electrons. The van der Waals surface area contributed by atoms with Gasteiger partial charge in [-0.05, 0) is 51.6 Å². The number of aryl methyl sites for hydroxylation is 1. The van der Waals surface area contributed by atoms with Crippen LogP contribution in [-0.4, -0.2) is 48.2 Å². The van der Waals surface area contributed by atoms with Crippen molar-refractivity contribution in [1.82, 2.24) is 14.9 Å². The molecule has 2 aromatic rings. The highest BCUT2D eigenvalue weighted by Crippen LogP contribution is 2.32. The van der Waals surface area contributed by atoms with Gasteiger partial charge in [0.2, 0.25) is 5.95 Å². The number of nitrogens with one attached hydrogen (secondary N) is 1. The zero-order chi connectivity index (χ0) is 17.8. The van der Waals surface area contributed by atoms with E-state index in [1.54, 1.807) is 13.2 Å². The molecule has 0 aliphatic carbocycles. The fourth-order valence-corrected chi connectivity index (χ4v) is 3.54. The largest absolute Gasteiger partial charge is 0.497 e. The van der Waals surface area contributed by atoms with Crippen LogP contribution < -0.4 is 10.1 Å². The molecular formula is C19H25ClN4O. The fourth-order valence-electron chi connectivity index (χ4n) is 3.27. The Hall–Kier alpha value is -1.85. The van der Waals surface area contributed by atoms with Gasteiger partial charge < -0.3 is 15.0 Å². The first-order valence-corrected chi connectivity index (χ1v) is 9.08. The number of benzene rings is 1. The average Bonchev–Trinajstić information content (AvgIpc) is 2.61. The molecule has 1 saturated heterocycles. The van der Waals surface area contributed by atoms with Crippen molar-refractivity contribution in [2.75, 3.05) is 32.6 Å². The van der Waals surface area contributed by atoms with Gasteiger partial charge in [0.25, 0.3) is 0 Å². The smallest absolute Gasteiger partial charge is 0.222 e. The third-order valence-corrected chi connectivity index (χ3v) is 5.18. The Morgan fingerprint density at radius 2 is 2.16 bits per heavy atom. The molecule has 6 heteroatoms. The summed E-state index contributed by atoms with van der Waals surface area (Å²) in [6, 6.07) is 6.19. The van der Waals surface area contributed by atoms with Crippen LogP contribution in [0.25, 0.3) is 11.1 Å². The third-order valence-electron chi connectivity index (χ3n) is 4.86. The summed E-state index contributed by atoms with van der Waals surface area (Å²) >= 11 is 6.38. The molecule has 0 saturated carbocycles. The summed E-state index contributed by atoms with van der Waals surface area (Å²) in [5, 5.41) is 4.02. The Balaban J connectivity index is 1.72. The van der Waals surface area contributed by atoms with Gasteiger partial charge in [-0.15, -0.1) is 0 Å². The quantitative estimate of drug-likeness (QED) is 0.873. The Morgan fingerprint density at radius 3 is 2.84 bits per heavy atom. The Labute approximate surface area is 154 Å². The highest BCUT2D eigenvalue weighted by molar-refractivity contribution is 6.33. The van der Waals surface area contributed by atoms with Gasteiger partial charge in [0, 0.05) is 29.9 Å². The predicted octanol–water partition coefficient (Wildman–Crippen LogP) is 4.01. The highest BCUT2D eigenvalue weighted by Gasteiger charge is 2.19. The molecule has 1 unspecified atom stereocenters. The van der Waals surface area contributed by atoms with E-state index in [-0.39, 0.29) is 0 Å². The number of piperidine rings is 1. The molecule has 1 N–H and O–H groups in total. The molecule has 1 aromatic carbocycles. The van der Waals surface area contributed by atoms with Gasteiger partial charge in [-0.25, -0.2) is 9.97 Å². The molecule has 0 amide bonds. The van der Waals surface area contributed by atoms with E-state index in [2.05, 4.69) is 27.2 Å². The second-order valence-electron chi connectivity index (χ2n) is 6.55. The molecule has 0 spiro atoms. The van der Waals surface area contributed by atoms with Crippen LogP contribution in [0.15, 0.2) is 24.4 Å². The first-order chi connectivity index (χ1) is 12.1. The molecule has 5 nitrogen and oxygen atoms in total. The van der Waals surface area contributed by atoms with Crippen molar-refractivity contribution in [1.29, 1.82) is 0 Å². The number of anilines is 1. The number of nitrogens with zero attached hydrogens (tertiary/aromatic N) is 3. The second kappa shape index (κ2) is 8.02. The van der Waals surface area contributed by atoms with Crippen LogP contribution in [0.1, 0.15) is 25.0 Å². The minimum absolute atomic E-state index is 0.549. The molecule has 2 heterocycles. The minimum atomic E-state index is 0.549.